The number of benzene rings is 1. The molecule has 1 aliphatic carbocycles. The fourth-order valence-electron chi connectivity index (χ4n) is 4.65. The summed E-state index contributed by atoms with van der Waals surface area (Å²) in [6, 6.07) is 11.7. The minimum atomic E-state index is -0.0482. The maximum Gasteiger partial charge on any atom is 0.267 e. The number of amides is 1. The van der Waals surface area contributed by atoms with E-state index >= 15 is 0 Å². The molecule has 5 heteroatoms. The molecule has 1 aromatic carbocycles. The Balaban J connectivity index is 1.45. The molecule has 0 unspecified atom stereocenters. The van der Waals surface area contributed by atoms with E-state index in [-0.39, 0.29) is 11.6 Å². The van der Waals surface area contributed by atoms with Gasteiger partial charge in [-0.05, 0) is 44.1 Å². The first kappa shape index (κ1) is 18.9. The second kappa shape index (κ2) is 8.29. The van der Waals surface area contributed by atoms with E-state index in [1.807, 2.05) is 42.2 Å². The summed E-state index contributed by atoms with van der Waals surface area (Å²) in [5.74, 6) is 0.875. The topological polar surface area (TPSA) is 55.2 Å². The lowest BCUT2D eigenvalue weighted by molar-refractivity contribution is -0.133. The average Bonchev–Trinajstić information content (AvgIpc) is 3.22. The van der Waals surface area contributed by atoms with Gasteiger partial charge in [0.25, 0.3) is 5.56 Å². The van der Waals surface area contributed by atoms with Crippen LogP contribution in [0.2, 0.25) is 0 Å². The maximum absolute atomic E-state index is 12.6. The third kappa shape index (κ3) is 4.03. The van der Waals surface area contributed by atoms with Crippen LogP contribution in [-0.4, -0.2) is 33.7 Å². The summed E-state index contributed by atoms with van der Waals surface area (Å²) in [5, 5.41) is 4.72. The summed E-state index contributed by atoms with van der Waals surface area (Å²) in [6.45, 7) is 3.38. The van der Waals surface area contributed by atoms with Crippen molar-refractivity contribution in [3.63, 3.8) is 0 Å². The van der Waals surface area contributed by atoms with E-state index in [0.717, 1.165) is 42.8 Å². The fraction of sp³-hybridized carbons (Fsp3) is 0.522. The number of piperidine rings is 1. The normalized spacial score (nSPS) is 18.5. The Kier molecular flexibility index (Phi) is 5.60. The first-order chi connectivity index (χ1) is 13.6. The van der Waals surface area contributed by atoms with Crippen molar-refractivity contribution >= 4 is 5.91 Å². The number of hydrogen-bond donors (Lipinski definition) is 0. The summed E-state index contributed by atoms with van der Waals surface area (Å²) >= 11 is 0. The largest absolute Gasteiger partial charge is 0.343 e. The first-order valence-electron chi connectivity index (χ1n) is 10.6. The van der Waals surface area contributed by atoms with Crippen molar-refractivity contribution in [2.75, 3.05) is 13.1 Å². The Morgan fingerprint density at radius 2 is 1.75 bits per heavy atom. The summed E-state index contributed by atoms with van der Waals surface area (Å²) in [7, 11) is 0. The molecule has 5 nitrogen and oxygen atoms in total. The van der Waals surface area contributed by atoms with Crippen molar-refractivity contribution < 1.29 is 4.79 Å². The highest BCUT2D eigenvalue weighted by atomic mass is 16.2. The predicted octanol–water partition coefficient (Wildman–Crippen LogP) is 3.96. The molecule has 1 aliphatic heterocycles. The predicted molar refractivity (Wildman–Crippen MR) is 110 cm³/mol. The van der Waals surface area contributed by atoms with E-state index in [1.165, 1.54) is 25.7 Å². The average molecular weight is 380 g/mol. The van der Waals surface area contributed by atoms with Gasteiger partial charge in [-0.1, -0.05) is 43.2 Å². The van der Waals surface area contributed by atoms with Crippen LogP contribution in [0.25, 0.3) is 11.3 Å². The minimum Gasteiger partial charge on any atom is -0.343 e. The number of carbonyl (C=O) groups excluding carboxylic acids is 1. The number of nitrogens with zero attached hydrogens (tertiary/aromatic N) is 3. The number of likely N-dealkylation sites (tertiary alicyclic amines) is 1. The Morgan fingerprint density at radius 1 is 1.07 bits per heavy atom. The molecule has 28 heavy (non-hydrogen) atoms. The van der Waals surface area contributed by atoms with Crippen molar-refractivity contribution in [3.05, 3.63) is 52.3 Å². The molecule has 148 valence electrons. The molecule has 2 heterocycles. The SMILES string of the molecule is Cc1cc(=O)n(C2CCN(C(=O)CC3CCCC3)CC2)nc1-c1ccccc1. The zero-order chi connectivity index (χ0) is 19.5. The highest BCUT2D eigenvalue weighted by molar-refractivity contribution is 5.76. The van der Waals surface area contributed by atoms with Crippen LogP contribution in [0.1, 0.15) is 56.6 Å². The molecule has 1 saturated heterocycles. The van der Waals surface area contributed by atoms with E-state index in [9.17, 15) is 9.59 Å². The molecule has 0 bridgehead atoms. The lowest BCUT2D eigenvalue weighted by Gasteiger charge is -2.33. The first-order valence-corrected chi connectivity index (χ1v) is 10.6. The summed E-state index contributed by atoms with van der Waals surface area (Å²) in [4.78, 5) is 27.2. The number of aryl methyl sites for hydroxylation is 1. The van der Waals surface area contributed by atoms with Gasteiger partial charge in [0.1, 0.15) is 0 Å². The van der Waals surface area contributed by atoms with Crippen molar-refractivity contribution in [3.8, 4) is 11.3 Å². The second-order valence-corrected chi connectivity index (χ2v) is 8.29. The van der Waals surface area contributed by atoms with Gasteiger partial charge in [0.05, 0.1) is 11.7 Å². The van der Waals surface area contributed by atoms with Crippen molar-refractivity contribution in [2.24, 2.45) is 5.92 Å². The van der Waals surface area contributed by atoms with Gasteiger partial charge < -0.3 is 4.90 Å². The second-order valence-electron chi connectivity index (χ2n) is 8.29. The standard InChI is InChI=1S/C23H29N3O2/c1-17-15-22(28)26(24-23(17)19-9-3-2-4-10-19)20-11-13-25(14-12-20)21(27)16-18-7-5-6-8-18/h2-4,9-10,15,18,20H,5-8,11-14,16H2,1H3. The van der Waals surface area contributed by atoms with E-state index < -0.39 is 0 Å². The van der Waals surface area contributed by atoms with Crippen LogP contribution in [0.15, 0.2) is 41.2 Å². The molecular weight excluding hydrogens is 350 g/mol. The fourth-order valence-corrected chi connectivity index (χ4v) is 4.65. The van der Waals surface area contributed by atoms with Crippen LogP contribution in [0.3, 0.4) is 0 Å². The zero-order valence-corrected chi connectivity index (χ0v) is 16.6. The van der Waals surface area contributed by atoms with Crippen LogP contribution >= 0.6 is 0 Å². The van der Waals surface area contributed by atoms with Gasteiger partial charge in [-0.15, -0.1) is 0 Å². The maximum atomic E-state index is 12.6. The number of hydrogen-bond acceptors (Lipinski definition) is 3. The van der Waals surface area contributed by atoms with E-state index in [0.29, 0.717) is 18.2 Å². The van der Waals surface area contributed by atoms with Gasteiger partial charge in [-0.3, -0.25) is 9.59 Å². The van der Waals surface area contributed by atoms with Gasteiger partial charge >= 0.3 is 0 Å². The highest BCUT2D eigenvalue weighted by Gasteiger charge is 2.27. The Hall–Kier alpha value is -2.43. The van der Waals surface area contributed by atoms with Crippen LogP contribution in [0.4, 0.5) is 0 Å². The molecule has 0 radical (unpaired) electrons. The highest BCUT2D eigenvalue weighted by Crippen LogP contribution is 2.29. The Bertz CT molecular complexity index is 876. The molecule has 4 rings (SSSR count). The molecule has 2 aromatic rings. The lowest BCUT2D eigenvalue weighted by atomic mass is 10.0. The van der Waals surface area contributed by atoms with Gasteiger partial charge in [-0.2, -0.15) is 5.10 Å². The molecule has 1 amide bonds. The van der Waals surface area contributed by atoms with Crippen LogP contribution < -0.4 is 5.56 Å². The number of rotatable bonds is 4. The third-order valence-electron chi connectivity index (χ3n) is 6.30. The monoisotopic (exact) mass is 379 g/mol. The molecular formula is C23H29N3O2. The van der Waals surface area contributed by atoms with Gasteiger partial charge in [0, 0.05) is 31.1 Å². The molecule has 2 fully saturated rings. The molecule has 0 atom stereocenters. The zero-order valence-electron chi connectivity index (χ0n) is 16.6. The lowest BCUT2D eigenvalue weighted by Crippen LogP contribution is -2.41. The number of carbonyl (C=O) groups is 1. The van der Waals surface area contributed by atoms with E-state index in [4.69, 9.17) is 5.10 Å². The van der Waals surface area contributed by atoms with Crippen LogP contribution in [-0.2, 0) is 4.79 Å². The quantitative estimate of drug-likeness (QED) is 0.808. The molecule has 0 N–H and O–H groups in total. The summed E-state index contributed by atoms with van der Waals surface area (Å²) < 4.78 is 1.65. The van der Waals surface area contributed by atoms with Gasteiger partial charge in [0.2, 0.25) is 5.91 Å². The Morgan fingerprint density at radius 3 is 2.43 bits per heavy atom. The molecule has 0 spiro atoms. The summed E-state index contributed by atoms with van der Waals surface area (Å²) in [5.41, 5.74) is 2.74. The Labute approximate surface area is 166 Å². The van der Waals surface area contributed by atoms with Crippen molar-refractivity contribution in [1.29, 1.82) is 0 Å². The van der Waals surface area contributed by atoms with Gasteiger partial charge in [0.15, 0.2) is 0 Å². The van der Waals surface area contributed by atoms with E-state index in [1.54, 1.807) is 10.7 Å². The number of aromatic nitrogens is 2. The molecule has 2 aliphatic rings. The van der Waals surface area contributed by atoms with Crippen molar-refractivity contribution in [2.45, 2.75) is 57.9 Å². The van der Waals surface area contributed by atoms with Crippen LogP contribution in [0, 0.1) is 12.8 Å². The van der Waals surface area contributed by atoms with E-state index in [2.05, 4.69) is 0 Å². The molecule has 1 saturated carbocycles. The van der Waals surface area contributed by atoms with Crippen LogP contribution in [0.5, 0.6) is 0 Å². The molecule has 1 aromatic heterocycles. The minimum absolute atomic E-state index is 0.0482. The summed E-state index contributed by atoms with van der Waals surface area (Å²) in [6.07, 6.45) is 7.23. The van der Waals surface area contributed by atoms with Crippen molar-refractivity contribution in [1.82, 2.24) is 14.7 Å². The third-order valence-corrected chi connectivity index (χ3v) is 6.30. The van der Waals surface area contributed by atoms with Gasteiger partial charge in [-0.25, -0.2) is 4.68 Å². The smallest absolute Gasteiger partial charge is 0.267 e.